The predicted octanol–water partition coefficient (Wildman–Crippen LogP) is 3.67. The van der Waals surface area contributed by atoms with Crippen LogP contribution in [0.2, 0.25) is 0 Å². The summed E-state index contributed by atoms with van der Waals surface area (Å²) in [6.45, 7) is 3.65. The molecule has 11 heteroatoms. The number of carbonyl (C=O) groups excluding carboxylic acids is 1. The van der Waals surface area contributed by atoms with Gasteiger partial charge in [-0.3, -0.25) is 9.48 Å². The highest BCUT2D eigenvalue weighted by atomic mass is 32.2. The number of nitrogens with one attached hydrogen (secondary N) is 1. The first-order chi connectivity index (χ1) is 14.1. The van der Waals surface area contributed by atoms with Crippen LogP contribution >= 0.6 is 11.8 Å². The van der Waals surface area contributed by atoms with Gasteiger partial charge in [-0.05, 0) is 50.2 Å². The van der Waals surface area contributed by atoms with Crippen LogP contribution in [0.4, 0.5) is 19.3 Å². The quantitative estimate of drug-likeness (QED) is 0.767. The second-order valence-corrected chi connectivity index (χ2v) is 10.4. The van der Waals surface area contributed by atoms with Crippen molar-refractivity contribution in [1.29, 1.82) is 0 Å². The summed E-state index contributed by atoms with van der Waals surface area (Å²) in [6, 6.07) is 3.01. The molecule has 3 heterocycles. The highest BCUT2D eigenvalue weighted by Gasteiger charge is 2.32. The summed E-state index contributed by atoms with van der Waals surface area (Å²) in [7, 11) is -3.06. The Labute approximate surface area is 176 Å². The van der Waals surface area contributed by atoms with Crippen molar-refractivity contribution >= 4 is 44.4 Å². The maximum atomic E-state index is 13.5. The second kappa shape index (κ2) is 7.62. The van der Waals surface area contributed by atoms with Crippen LogP contribution in [0.25, 0.3) is 6.08 Å². The van der Waals surface area contributed by atoms with Crippen molar-refractivity contribution in [3.05, 3.63) is 51.7 Å². The number of rotatable bonds is 3. The van der Waals surface area contributed by atoms with E-state index in [-0.39, 0.29) is 34.3 Å². The third-order valence-electron chi connectivity index (χ3n) is 5.01. The van der Waals surface area contributed by atoms with Crippen LogP contribution in [0.5, 0.6) is 0 Å². The summed E-state index contributed by atoms with van der Waals surface area (Å²) in [6.07, 6.45) is 2.26. The van der Waals surface area contributed by atoms with E-state index in [9.17, 15) is 22.0 Å². The summed E-state index contributed by atoms with van der Waals surface area (Å²) in [5.74, 6) is -1.58. The maximum Gasteiger partial charge on any atom is 0.289 e. The Morgan fingerprint density at radius 3 is 2.73 bits per heavy atom. The van der Waals surface area contributed by atoms with Crippen LogP contribution < -0.4 is 5.32 Å². The van der Waals surface area contributed by atoms with Crippen molar-refractivity contribution in [2.24, 2.45) is 4.99 Å². The number of amides is 1. The monoisotopic (exact) mass is 452 g/mol. The highest BCUT2D eigenvalue weighted by molar-refractivity contribution is 8.18. The maximum absolute atomic E-state index is 13.5. The van der Waals surface area contributed by atoms with Gasteiger partial charge in [0.1, 0.15) is 5.84 Å². The number of sulfone groups is 1. The van der Waals surface area contributed by atoms with Gasteiger partial charge in [-0.2, -0.15) is 5.10 Å². The van der Waals surface area contributed by atoms with Gasteiger partial charge < -0.3 is 5.32 Å². The molecule has 2 aliphatic heterocycles. The highest BCUT2D eigenvalue weighted by Crippen LogP contribution is 2.32. The van der Waals surface area contributed by atoms with Crippen molar-refractivity contribution in [2.45, 2.75) is 26.3 Å². The number of hydrogen-bond acceptors (Lipinski definition) is 6. The Kier molecular flexibility index (Phi) is 5.27. The third kappa shape index (κ3) is 4.04. The molecule has 2 fully saturated rings. The van der Waals surface area contributed by atoms with Gasteiger partial charge in [-0.1, -0.05) is 0 Å². The molecule has 2 aromatic rings. The molecule has 0 saturated carbocycles. The molecule has 1 aromatic heterocycles. The first kappa shape index (κ1) is 20.7. The van der Waals surface area contributed by atoms with Gasteiger partial charge in [0.25, 0.3) is 5.24 Å². The molecule has 4 rings (SSSR count). The molecule has 0 bridgehead atoms. The van der Waals surface area contributed by atoms with Gasteiger partial charge in [-0.25, -0.2) is 22.2 Å². The molecule has 1 aromatic carbocycles. The van der Waals surface area contributed by atoms with E-state index >= 15 is 0 Å². The number of aromatic nitrogens is 2. The van der Waals surface area contributed by atoms with Crippen LogP contribution in [0.1, 0.15) is 29.4 Å². The fourth-order valence-electron chi connectivity index (χ4n) is 3.54. The summed E-state index contributed by atoms with van der Waals surface area (Å²) in [5, 5.41) is 6.77. The van der Waals surface area contributed by atoms with E-state index in [1.165, 1.54) is 6.07 Å². The van der Waals surface area contributed by atoms with E-state index in [0.29, 0.717) is 17.0 Å². The van der Waals surface area contributed by atoms with Crippen LogP contribution in [-0.2, 0) is 9.84 Å². The Morgan fingerprint density at radius 2 is 2.07 bits per heavy atom. The van der Waals surface area contributed by atoms with Crippen molar-refractivity contribution in [1.82, 2.24) is 15.1 Å². The number of aliphatic imine (C=N–C) groups is 1. The molecular weight excluding hydrogens is 434 g/mol. The molecule has 0 radical (unpaired) electrons. The molecule has 1 N–H and O–H groups in total. The molecule has 2 saturated heterocycles. The van der Waals surface area contributed by atoms with E-state index in [1.807, 2.05) is 6.92 Å². The zero-order valence-electron chi connectivity index (χ0n) is 16.1. The lowest BCUT2D eigenvalue weighted by Gasteiger charge is -2.11. The lowest BCUT2D eigenvalue weighted by molar-refractivity contribution is 0.265. The van der Waals surface area contributed by atoms with Gasteiger partial charge in [0, 0.05) is 17.3 Å². The van der Waals surface area contributed by atoms with E-state index in [2.05, 4.69) is 15.4 Å². The molecule has 158 valence electrons. The Bertz CT molecular complexity index is 1220. The van der Waals surface area contributed by atoms with Crippen molar-refractivity contribution in [2.75, 3.05) is 11.5 Å². The van der Waals surface area contributed by atoms with Gasteiger partial charge in [0.05, 0.1) is 33.8 Å². The molecule has 1 atom stereocenters. The number of amidine groups is 1. The zero-order chi connectivity index (χ0) is 21.6. The number of aryl methyl sites for hydroxylation is 1. The first-order valence-electron chi connectivity index (χ1n) is 9.14. The third-order valence-corrected chi connectivity index (χ3v) is 7.58. The van der Waals surface area contributed by atoms with E-state index in [0.717, 1.165) is 35.2 Å². The number of nitrogens with zero attached hydrogens (tertiary/aromatic N) is 3. The standard InChI is InChI=1S/C19H18F2N4O3S2/c1-10-14(11(2)25(24-10)13-5-6-30(27,28)9-13)8-17-18(23-19(26)29-17)22-12-3-4-15(20)16(21)7-12/h3-4,7-8,13H,5-6,9H2,1-2H3,(H,22,23,26)/b17-8-/t13-/m1/s1. The van der Waals surface area contributed by atoms with Gasteiger partial charge in [0.15, 0.2) is 21.5 Å². The van der Waals surface area contributed by atoms with Crippen LogP contribution in [-0.4, -0.2) is 40.8 Å². The van der Waals surface area contributed by atoms with Crippen molar-refractivity contribution in [3.8, 4) is 0 Å². The molecule has 7 nitrogen and oxygen atoms in total. The fraction of sp³-hybridized carbons (Fsp3) is 0.316. The average molecular weight is 453 g/mol. The van der Waals surface area contributed by atoms with Crippen molar-refractivity contribution in [3.63, 3.8) is 0 Å². The number of thioether (sulfide) groups is 1. The number of halogens is 2. The van der Waals surface area contributed by atoms with E-state index in [1.54, 1.807) is 17.7 Å². The molecule has 0 spiro atoms. The van der Waals surface area contributed by atoms with Gasteiger partial charge in [-0.15, -0.1) is 0 Å². The Balaban J connectivity index is 1.70. The molecular formula is C19H18F2N4O3S2. The fourth-order valence-corrected chi connectivity index (χ4v) is 5.95. The summed E-state index contributed by atoms with van der Waals surface area (Å²) in [5.41, 5.74) is 2.40. The lowest BCUT2D eigenvalue weighted by Crippen LogP contribution is -2.18. The minimum atomic E-state index is -3.06. The predicted molar refractivity (Wildman–Crippen MR) is 112 cm³/mol. The molecule has 1 amide bonds. The van der Waals surface area contributed by atoms with E-state index < -0.39 is 21.5 Å². The average Bonchev–Trinajstić information content (AvgIpc) is 3.29. The number of carbonyl (C=O) groups is 1. The summed E-state index contributed by atoms with van der Waals surface area (Å²) < 4.78 is 52.0. The van der Waals surface area contributed by atoms with Crippen LogP contribution in [0, 0.1) is 25.5 Å². The Morgan fingerprint density at radius 1 is 1.30 bits per heavy atom. The molecule has 0 unspecified atom stereocenters. The minimum absolute atomic E-state index is 0.0581. The number of benzene rings is 1. The largest absolute Gasteiger partial charge is 0.300 e. The van der Waals surface area contributed by atoms with Crippen LogP contribution in [0.3, 0.4) is 0 Å². The van der Waals surface area contributed by atoms with E-state index in [4.69, 9.17) is 0 Å². The topological polar surface area (TPSA) is 93.4 Å². The van der Waals surface area contributed by atoms with Gasteiger partial charge in [0.2, 0.25) is 0 Å². The summed E-state index contributed by atoms with van der Waals surface area (Å²) in [4.78, 5) is 16.7. The van der Waals surface area contributed by atoms with Crippen molar-refractivity contribution < 1.29 is 22.0 Å². The van der Waals surface area contributed by atoms with Crippen LogP contribution in [0.15, 0.2) is 28.1 Å². The van der Waals surface area contributed by atoms with Gasteiger partial charge >= 0.3 is 0 Å². The summed E-state index contributed by atoms with van der Waals surface area (Å²) >= 11 is 0.933. The zero-order valence-corrected chi connectivity index (χ0v) is 17.8. The Hall–Kier alpha value is -2.53. The second-order valence-electron chi connectivity index (χ2n) is 7.17. The molecule has 30 heavy (non-hydrogen) atoms. The lowest BCUT2D eigenvalue weighted by atomic mass is 10.1. The first-order valence-corrected chi connectivity index (χ1v) is 11.8. The molecule has 0 aliphatic carbocycles. The smallest absolute Gasteiger partial charge is 0.289 e. The normalized spacial score (nSPS) is 23.5. The SMILES string of the molecule is Cc1nn([C@@H]2CCS(=O)(=O)C2)c(C)c1/C=C1\SC(=O)NC1=Nc1ccc(F)c(F)c1. The number of hydrogen-bond donors (Lipinski definition) is 1. The minimum Gasteiger partial charge on any atom is -0.300 e. The molecule has 2 aliphatic rings.